The fourth-order valence-electron chi connectivity index (χ4n) is 3.77. The lowest BCUT2D eigenvalue weighted by atomic mass is 9.84. The van der Waals surface area contributed by atoms with Crippen molar-refractivity contribution in [3.8, 4) is 11.1 Å². The molecule has 0 amide bonds. The van der Waals surface area contributed by atoms with Gasteiger partial charge >= 0.3 is 0 Å². The fourth-order valence-corrected chi connectivity index (χ4v) is 3.77. The quantitative estimate of drug-likeness (QED) is 0.574. The summed E-state index contributed by atoms with van der Waals surface area (Å²) in [4.78, 5) is 13.1. The maximum atomic E-state index is 13.1. The molecule has 1 atom stereocenters. The zero-order valence-corrected chi connectivity index (χ0v) is 16.2. The highest BCUT2D eigenvalue weighted by atomic mass is 16.3. The van der Waals surface area contributed by atoms with Crippen LogP contribution in [0.25, 0.3) is 11.1 Å². The summed E-state index contributed by atoms with van der Waals surface area (Å²) < 4.78 is 0. The molecule has 0 heterocycles. The van der Waals surface area contributed by atoms with Crippen LogP contribution in [0.4, 0.5) is 0 Å². The van der Waals surface area contributed by atoms with E-state index in [0.29, 0.717) is 11.1 Å². The lowest BCUT2D eigenvalue weighted by molar-refractivity contribution is 0.0746. The van der Waals surface area contributed by atoms with Gasteiger partial charge in [-0.15, -0.1) is 0 Å². The highest BCUT2D eigenvalue weighted by Crippen LogP contribution is 2.34. The molecule has 0 fully saturated rings. The molecule has 0 aliphatic rings. The van der Waals surface area contributed by atoms with Gasteiger partial charge in [-0.25, -0.2) is 0 Å². The minimum atomic E-state index is -1.14. The predicted octanol–water partition coefficient (Wildman–Crippen LogP) is 5.70. The van der Waals surface area contributed by atoms with Crippen molar-refractivity contribution in [2.75, 3.05) is 0 Å². The van der Waals surface area contributed by atoms with Crippen molar-refractivity contribution in [2.24, 2.45) is 0 Å². The van der Waals surface area contributed by atoms with Crippen LogP contribution < -0.4 is 0 Å². The van der Waals surface area contributed by atoms with Gasteiger partial charge in [0.15, 0.2) is 5.78 Å². The number of ketones is 1. The van der Waals surface area contributed by atoms with E-state index in [1.165, 1.54) is 16.7 Å². The highest BCUT2D eigenvalue weighted by molar-refractivity contribution is 6.02. The number of rotatable bonds is 6. The topological polar surface area (TPSA) is 37.3 Å². The van der Waals surface area contributed by atoms with Gasteiger partial charge in [0.2, 0.25) is 0 Å². The standard InChI is InChI=1S/C25H26O2/c1-4-18-16-22(25(27)24(26)20-14-10-7-11-15-20)17(3)21(5-2)23(18)19-12-8-6-9-13-19/h6-16,24,26H,4-5H2,1-3H3. The Morgan fingerprint density at radius 1 is 0.926 bits per heavy atom. The largest absolute Gasteiger partial charge is 0.380 e. The summed E-state index contributed by atoms with van der Waals surface area (Å²) in [6.07, 6.45) is 0.534. The van der Waals surface area contributed by atoms with Crippen molar-refractivity contribution in [3.63, 3.8) is 0 Å². The van der Waals surface area contributed by atoms with Crippen molar-refractivity contribution in [1.29, 1.82) is 0 Å². The Balaban J connectivity index is 2.14. The van der Waals surface area contributed by atoms with E-state index < -0.39 is 6.10 Å². The van der Waals surface area contributed by atoms with Gasteiger partial charge in [-0.3, -0.25) is 4.79 Å². The first-order chi connectivity index (χ1) is 13.1. The van der Waals surface area contributed by atoms with Crippen molar-refractivity contribution < 1.29 is 9.90 Å². The monoisotopic (exact) mass is 358 g/mol. The first kappa shape index (κ1) is 19.1. The minimum absolute atomic E-state index is 0.234. The van der Waals surface area contributed by atoms with Crippen LogP contribution in [-0.4, -0.2) is 10.9 Å². The number of hydrogen-bond acceptors (Lipinski definition) is 2. The van der Waals surface area contributed by atoms with Crippen LogP contribution in [0.2, 0.25) is 0 Å². The molecule has 3 aromatic carbocycles. The molecular weight excluding hydrogens is 332 g/mol. The second-order valence-electron chi connectivity index (χ2n) is 6.81. The molecule has 0 spiro atoms. The van der Waals surface area contributed by atoms with Crippen LogP contribution in [0.5, 0.6) is 0 Å². The van der Waals surface area contributed by atoms with E-state index in [2.05, 4.69) is 26.0 Å². The van der Waals surface area contributed by atoms with Crippen LogP contribution in [-0.2, 0) is 12.8 Å². The van der Waals surface area contributed by atoms with Crippen LogP contribution in [0.3, 0.4) is 0 Å². The summed E-state index contributed by atoms with van der Waals surface area (Å²) in [7, 11) is 0. The van der Waals surface area contributed by atoms with Crippen LogP contribution in [0, 0.1) is 6.92 Å². The summed E-state index contributed by atoms with van der Waals surface area (Å²) in [6.45, 7) is 6.23. The van der Waals surface area contributed by atoms with Gasteiger partial charge in [-0.05, 0) is 59.2 Å². The summed E-state index contributed by atoms with van der Waals surface area (Å²) in [5.41, 5.74) is 6.95. The van der Waals surface area contributed by atoms with Gasteiger partial charge < -0.3 is 5.11 Å². The van der Waals surface area contributed by atoms with Crippen molar-refractivity contribution >= 4 is 5.78 Å². The zero-order chi connectivity index (χ0) is 19.4. The Labute approximate surface area is 161 Å². The molecule has 0 bridgehead atoms. The van der Waals surface area contributed by atoms with Crippen LogP contribution >= 0.6 is 0 Å². The average molecular weight is 358 g/mol. The predicted molar refractivity (Wildman–Crippen MR) is 111 cm³/mol. The maximum absolute atomic E-state index is 13.1. The smallest absolute Gasteiger partial charge is 0.196 e. The summed E-state index contributed by atoms with van der Waals surface area (Å²) in [5, 5.41) is 10.6. The van der Waals surface area contributed by atoms with Gasteiger partial charge in [-0.1, -0.05) is 74.5 Å². The normalized spacial score (nSPS) is 12.0. The van der Waals surface area contributed by atoms with Crippen molar-refractivity contribution in [1.82, 2.24) is 0 Å². The molecule has 2 nitrogen and oxygen atoms in total. The molecule has 0 radical (unpaired) electrons. The van der Waals surface area contributed by atoms with Gasteiger partial charge in [0.25, 0.3) is 0 Å². The molecule has 0 saturated carbocycles. The Bertz CT molecular complexity index is 928. The molecule has 0 saturated heterocycles. The lowest BCUT2D eigenvalue weighted by Crippen LogP contribution is -2.15. The third kappa shape index (κ3) is 3.72. The molecule has 0 aliphatic heterocycles. The molecule has 27 heavy (non-hydrogen) atoms. The average Bonchev–Trinajstić information content (AvgIpc) is 2.73. The Morgan fingerprint density at radius 2 is 1.52 bits per heavy atom. The van der Waals surface area contributed by atoms with E-state index in [-0.39, 0.29) is 5.78 Å². The van der Waals surface area contributed by atoms with E-state index in [9.17, 15) is 9.90 Å². The van der Waals surface area contributed by atoms with Crippen molar-refractivity contribution in [2.45, 2.75) is 39.7 Å². The molecule has 3 aromatic rings. The molecule has 1 unspecified atom stereocenters. The number of aliphatic hydroxyl groups excluding tert-OH is 1. The number of Topliss-reactive ketones (excluding diaryl/α,β-unsaturated/α-hetero) is 1. The molecule has 138 valence electrons. The number of carbonyl (C=O) groups is 1. The molecule has 2 heteroatoms. The van der Waals surface area contributed by atoms with E-state index in [4.69, 9.17) is 0 Å². The van der Waals surface area contributed by atoms with E-state index in [1.54, 1.807) is 12.1 Å². The third-order valence-electron chi connectivity index (χ3n) is 5.22. The molecule has 0 aliphatic carbocycles. The zero-order valence-electron chi connectivity index (χ0n) is 16.2. The summed E-state index contributed by atoms with van der Waals surface area (Å²) >= 11 is 0. The van der Waals surface area contributed by atoms with Gasteiger partial charge in [0.05, 0.1) is 0 Å². The maximum Gasteiger partial charge on any atom is 0.196 e. The Kier molecular flexibility index (Phi) is 5.88. The van der Waals surface area contributed by atoms with E-state index in [1.807, 2.05) is 49.4 Å². The number of benzene rings is 3. The number of aryl methyl sites for hydroxylation is 1. The number of aliphatic hydroxyl groups is 1. The van der Waals surface area contributed by atoms with Crippen LogP contribution in [0.1, 0.15) is 52.6 Å². The van der Waals surface area contributed by atoms with E-state index in [0.717, 1.165) is 24.0 Å². The second kappa shape index (κ2) is 8.32. The van der Waals surface area contributed by atoms with Crippen molar-refractivity contribution in [3.05, 3.63) is 94.5 Å². The lowest BCUT2D eigenvalue weighted by Gasteiger charge is -2.21. The number of hydrogen-bond donors (Lipinski definition) is 1. The van der Waals surface area contributed by atoms with Crippen LogP contribution in [0.15, 0.2) is 66.7 Å². The van der Waals surface area contributed by atoms with Gasteiger partial charge in [0.1, 0.15) is 6.10 Å². The molecule has 0 aromatic heterocycles. The molecular formula is C25H26O2. The first-order valence-electron chi connectivity index (χ1n) is 9.56. The third-order valence-corrected chi connectivity index (χ3v) is 5.22. The Hall–Kier alpha value is -2.71. The second-order valence-corrected chi connectivity index (χ2v) is 6.81. The van der Waals surface area contributed by atoms with Gasteiger partial charge in [-0.2, -0.15) is 0 Å². The molecule has 1 N–H and O–H groups in total. The fraction of sp³-hybridized carbons (Fsp3) is 0.240. The minimum Gasteiger partial charge on any atom is -0.380 e. The summed E-state index contributed by atoms with van der Waals surface area (Å²) in [5.74, 6) is -0.234. The first-order valence-corrected chi connectivity index (χ1v) is 9.56. The molecule has 3 rings (SSSR count). The van der Waals surface area contributed by atoms with Gasteiger partial charge in [0, 0.05) is 5.56 Å². The highest BCUT2D eigenvalue weighted by Gasteiger charge is 2.24. The van der Waals surface area contributed by atoms with E-state index >= 15 is 0 Å². The SMILES string of the molecule is CCc1cc(C(=O)C(O)c2ccccc2)c(C)c(CC)c1-c1ccccc1. The number of carbonyl (C=O) groups excluding carboxylic acids is 1. The Morgan fingerprint density at radius 3 is 2.07 bits per heavy atom. The summed E-state index contributed by atoms with van der Waals surface area (Å²) in [6, 6.07) is 21.5.